The summed E-state index contributed by atoms with van der Waals surface area (Å²) < 4.78 is 0. The Morgan fingerprint density at radius 3 is 1.13 bits per heavy atom. The SMILES string of the molecule is CC.CC.CC.CC.CC.CC(C)=C1C=C/C(=C2C=C/C(=C3/C=CC(=C(C)C)C3)C/2)C1.CC(C)=Nc1ccc(N=C2C=CC(=NC(C)C)C=C2)cc1. The second-order valence-electron chi connectivity index (χ2n) is 12.1. The molecule has 0 saturated heterocycles. The zero-order chi connectivity index (χ0) is 40.2. The lowest BCUT2D eigenvalue weighted by Crippen LogP contribution is -2.02. The van der Waals surface area contributed by atoms with Crippen LogP contribution in [-0.2, 0) is 0 Å². The van der Waals surface area contributed by atoms with Gasteiger partial charge in [0.25, 0.3) is 0 Å². The fraction of sp³-hybridized carbons (Fsp3) is 0.449. The van der Waals surface area contributed by atoms with Gasteiger partial charge in [-0.1, -0.05) is 117 Å². The first-order chi connectivity index (χ1) is 25.1. The fourth-order valence-electron chi connectivity index (χ4n) is 5.06. The van der Waals surface area contributed by atoms with Crippen molar-refractivity contribution in [3.05, 3.63) is 130 Å². The van der Waals surface area contributed by atoms with Gasteiger partial charge in [0.15, 0.2) is 0 Å². The molecule has 52 heavy (non-hydrogen) atoms. The second kappa shape index (κ2) is 29.5. The van der Waals surface area contributed by atoms with Crippen LogP contribution in [0.25, 0.3) is 0 Å². The first-order valence-corrected chi connectivity index (χ1v) is 20.0. The predicted octanol–water partition coefficient (Wildman–Crippen LogP) is 16.1. The van der Waals surface area contributed by atoms with Gasteiger partial charge in [0, 0.05) is 11.8 Å². The van der Waals surface area contributed by atoms with Crippen LogP contribution in [0.1, 0.15) is 144 Å². The highest BCUT2D eigenvalue weighted by Gasteiger charge is 2.18. The van der Waals surface area contributed by atoms with Crippen molar-refractivity contribution in [3.8, 4) is 0 Å². The Kier molecular flexibility index (Phi) is 28.3. The minimum absolute atomic E-state index is 0.308. The van der Waals surface area contributed by atoms with Crippen molar-refractivity contribution in [3.63, 3.8) is 0 Å². The Bertz CT molecular complexity index is 1490. The molecule has 0 aliphatic heterocycles. The van der Waals surface area contributed by atoms with E-state index in [2.05, 4.69) is 93.0 Å². The second-order valence-corrected chi connectivity index (χ2v) is 12.1. The van der Waals surface area contributed by atoms with Crippen LogP contribution in [0.3, 0.4) is 0 Å². The van der Waals surface area contributed by atoms with Crippen molar-refractivity contribution in [2.75, 3.05) is 0 Å². The van der Waals surface area contributed by atoms with Crippen molar-refractivity contribution < 1.29 is 0 Å². The number of benzene rings is 1. The Morgan fingerprint density at radius 1 is 0.442 bits per heavy atom. The first-order valence-electron chi connectivity index (χ1n) is 20.0. The standard InChI is InChI=1S/C21H24.C18H21N3.5C2H6/c1-14(2)16-5-7-18(11-16)20-9-10-21(13-20)19-8-6-17(12-19)15(3)4;1-13(2)19-15-5-9-17(10-6-15)21-18-11-7-16(8-12-18)20-14(3)4;5*1-2/h5-10H,11-13H2,1-4H3;5-13H,1-4H3;5*1-2H3/b20-18+,21-19+;;;;;;. The zero-order valence-electron chi connectivity index (χ0n) is 36.6. The molecule has 1 aromatic rings. The van der Waals surface area contributed by atoms with E-state index in [1.807, 2.05) is 132 Å². The monoisotopic (exact) mass is 706 g/mol. The van der Waals surface area contributed by atoms with E-state index >= 15 is 0 Å². The Hall–Kier alpha value is -4.11. The molecule has 0 bridgehead atoms. The fourth-order valence-corrected chi connectivity index (χ4v) is 5.06. The van der Waals surface area contributed by atoms with Gasteiger partial charge >= 0.3 is 0 Å². The lowest BCUT2D eigenvalue weighted by atomic mass is 10.00. The summed E-state index contributed by atoms with van der Waals surface area (Å²) in [7, 11) is 0. The lowest BCUT2D eigenvalue weighted by molar-refractivity contribution is 0.838. The van der Waals surface area contributed by atoms with Crippen LogP contribution in [0.2, 0.25) is 0 Å². The van der Waals surface area contributed by atoms with E-state index in [-0.39, 0.29) is 0 Å². The molecule has 0 amide bonds. The van der Waals surface area contributed by atoms with Gasteiger partial charge in [0.2, 0.25) is 0 Å². The average molecular weight is 706 g/mol. The molecule has 0 N–H and O–H groups in total. The van der Waals surface area contributed by atoms with E-state index in [0.717, 1.165) is 47.8 Å². The van der Waals surface area contributed by atoms with Crippen LogP contribution in [0.4, 0.5) is 11.4 Å². The zero-order valence-corrected chi connectivity index (χ0v) is 36.6. The third-order valence-electron chi connectivity index (χ3n) is 7.43. The van der Waals surface area contributed by atoms with Gasteiger partial charge in [-0.05, 0) is 157 Å². The van der Waals surface area contributed by atoms with Gasteiger partial charge < -0.3 is 0 Å². The van der Waals surface area contributed by atoms with Crippen LogP contribution in [0.15, 0.2) is 145 Å². The summed E-state index contributed by atoms with van der Waals surface area (Å²) in [5.41, 5.74) is 16.7. The van der Waals surface area contributed by atoms with E-state index in [1.54, 1.807) is 0 Å². The minimum atomic E-state index is 0.308. The summed E-state index contributed by atoms with van der Waals surface area (Å²) in [6, 6.07) is 8.23. The molecule has 3 heteroatoms. The summed E-state index contributed by atoms with van der Waals surface area (Å²) in [5, 5.41) is 0. The topological polar surface area (TPSA) is 37.1 Å². The Labute approximate surface area is 322 Å². The molecule has 0 spiro atoms. The maximum Gasteiger partial charge on any atom is 0.0638 e. The number of rotatable bonds is 3. The van der Waals surface area contributed by atoms with Gasteiger partial charge in [0.05, 0.1) is 22.8 Å². The predicted molar refractivity (Wildman–Crippen MR) is 242 cm³/mol. The maximum absolute atomic E-state index is 4.59. The van der Waals surface area contributed by atoms with Gasteiger partial charge in [0.1, 0.15) is 0 Å². The van der Waals surface area contributed by atoms with Crippen molar-refractivity contribution in [1.29, 1.82) is 0 Å². The molecule has 4 aliphatic rings. The summed E-state index contributed by atoms with van der Waals surface area (Å²) in [4.78, 5) is 13.5. The third kappa shape index (κ3) is 18.4. The quantitative estimate of drug-likeness (QED) is 0.222. The van der Waals surface area contributed by atoms with Gasteiger partial charge in [-0.2, -0.15) is 0 Å². The normalized spacial score (nSPS) is 17.1. The average Bonchev–Trinajstić information content (AvgIpc) is 3.96. The smallest absolute Gasteiger partial charge is 0.0638 e. The molecule has 3 nitrogen and oxygen atoms in total. The summed E-state index contributed by atoms with van der Waals surface area (Å²) >= 11 is 0. The van der Waals surface area contributed by atoms with E-state index in [1.165, 1.54) is 44.6 Å². The summed E-state index contributed by atoms with van der Waals surface area (Å²) in [6.07, 6.45) is 25.1. The largest absolute Gasteiger partial charge is 0.283 e. The first kappa shape index (κ1) is 50.0. The van der Waals surface area contributed by atoms with Gasteiger partial charge in [-0.25, -0.2) is 4.99 Å². The lowest BCUT2D eigenvalue weighted by Gasteiger charge is -2.05. The Balaban J connectivity index is 0. The number of allylic oxidation sites excluding steroid dienone is 18. The van der Waals surface area contributed by atoms with E-state index in [9.17, 15) is 0 Å². The molecule has 0 atom stereocenters. The number of nitrogens with zero attached hydrogens (tertiary/aromatic N) is 3. The molecule has 286 valence electrons. The van der Waals surface area contributed by atoms with Crippen LogP contribution in [0, 0.1) is 0 Å². The molecule has 4 aliphatic carbocycles. The van der Waals surface area contributed by atoms with E-state index in [4.69, 9.17) is 0 Å². The number of hydrogen-bond donors (Lipinski definition) is 0. The highest BCUT2D eigenvalue weighted by molar-refractivity contribution is 6.19. The molecule has 0 radical (unpaired) electrons. The molecule has 0 aromatic heterocycles. The third-order valence-corrected chi connectivity index (χ3v) is 7.43. The minimum Gasteiger partial charge on any atom is -0.283 e. The molecular formula is C49H75N3. The van der Waals surface area contributed by atoms with Crippen molar-refractivity contribution >= 4 is 28.5 Å². The molecule has 0 unspecified atom stereocenters. The molecule has 1 aromatic carbocycles. The van der Waals surface area contributed by atoms with Crippen molar-refractivity contribution in [2.45, 2.75) is 150 Å². The van der Waals surface area contributed by atoms with Gasteiger partial charge in [-0.15, -0.1) is 0 Å². The van der Waals surface area contributed by atoms with Crippen LogP contribution < -0.4 is 0 Å². The number of hydrogen-bond acceptors (Lipinski definition) is 3. The van der Waals surface area contributed by atoms with E-state index < -0.39 is 0 Å². The summed E-state index contributed by atoms with van der Waals surface area (Å²) in [5.74, 6) is 0. The van der Waals surface area contributed by atoms with Crippen molar-refractivity contribution in [2.24, 2.45) is 15.0 Å². The number of aliphatic imine (C=N–C) groups is 3. The molecular weight excluding hydrogens is 631 g/mol. The van der Waals surface area contributed by atoms with Crippen LogP contribution in [0.5, 0.6) is 0 Å². The Morgan fingerprint density at radius 2 is 0.788 bits per heavy atom. The molecule has 5 rings (SSSR count). The molecule has 0 saturated carbocycles. The maximum atomic E-state index is 4.59. The highest BCUT2D eigenvalue weighted by Crippen LogP contribution is 2.37. The van der Waals surface area contributed by atoms with E-state index in [0.29, 0.717) is 6.04 Å². The molecule has 0 fully saturated rings. The molecule has 0 heterocycles. The summed E-state index contributed by atoms with van der Waals surface area (Å²) in [6.45, 7) is 36.9. The van der Waals surface area contributed by atoms with Crippen molar-refractivity contribution in [1.82, 2.24) is 0 Å². The van der Waals surface area contributed by atoms with Gasteiger partial charge in [-0.3, -0.25) is 9.98 Å². The highest BCUT2D eigenvalue weighted by atomic mass is 14.8. The van der Waals surface area contributed by atoms with Crippen LogP contribution >= 0.6 is 0 Å². The van der Waals surface area contributed by atoms with Crippen LogP contribution in [-0.4, -0.2) is 23.2 Å².